The number of ether oxygens (including phenoxy) is 2. The van der Waals surface area contributed by atoms with E-state index >= 15 is 0 Å². The lowest BCUT2D eigenvalue weighted by molar-refractivity contribution is -0.0381. The molecule has 4 aromatic rings. The Kier molecular flexibility index (Phi) is 7.54. The van der Waals surface area contributed by atoms with Crippen molar-refractivity contribution in [1.82, 2.24) is 5.16 Å². The van der Waals surface area contributed by atoms with E-state index in [-0.39, 0.29) is 6.42 Å². The van der Waals surface area contributed by atoms with Crippen molar-refractivity contribution in [1.29, 1.82) is 0 Å². The maximum Gasteiger partial charge on any atom is 0.174 e. The monoisotopic (exact) mass is 487 g/mol. The standard InChI is InChI=1S/C30H33NO5/c1-20-17-22(19-28(32)33)11-13-26(20)34-15-5-6-16-35-27-14-12-24-29(23-7-3-2-4-8-23)31-36-30(24)25(27)18-21-9-10-21/h2-4,7-8,11-14,17,21,28,32-33H,5-6,9-10,15-16,18-19H2,1H3. The van der Waals surface area contributed by atoms with Crippen LogP contribution < -0.4 is 9.47 Å². The van der Waals surface area contributed by atoms with Crippen LogP contribution in [0.3, 0.4) is 0 Å². The highest BCUT2D eigenvalue weighted by molar-refractivity contribution is 5.94. The van der Waals surface area contributed by atoms with Gasteiger partial charge < -0.3 is 24.2 Å². The van der Waals surface area contributed by atoms with E-state index in [1.54, 1.807) is 0 Å². The van der Waals surface area contributed by atoms with Gasteiger partial charge in [0.1, 0.15) is 17.2 Å². The van der Waals surface area contributed by atoms with E-state index in [1.807, 2.05) is 43.3 Å². The van der Waals surface area contributed by atoms with Gasteiger partial charge >= 0.3 is 0 Å². The number of nitrogens with zero attached hydrogens (tertiary/aromatic N) is 1. The largest absolute Gasteiger partial charge is 0.493 e. The van der Waals surface area contributed by atoms with Crippen molar-refractivity contribution in [2.75, 3.05) is 13.2 Å². The highest BCUT2D eigenvalue weighted by Crippen LogP contribution is 2.40. The summed E-state index contributed by atoms with van der Waals surface area (Å²) in [5.41, 5.74) is 5.77. The van der Waals surface area contributed by atoms with Gasteiger partial charge in [0.25, 0.3) is 0 Å². The van der Waals surface area contributed by atoms with Gasteiger partial charge in [-0.1, -0.05) is 47.6 Å². The van der Waals surface area contributed by atoms with E-state index < -0.39 is 6.29 Å². The molecule has 188 valence electrons. The number of hydrogen-bond donors (Lipinski definition) is 2. The summed E-state index contributed by atoms with van der Waals surface area (Å²) < 4.78 is 18.0. The summed E-state index contributed by atoms with van der Waals surface area (Å²) in [7, 11) is 0. The molecule has 6 nitrogen and oxygen atoms in total. The molecule has 1 fully saturated rings. The zero-order chi connectivity index (χ0) is 24.9. The predicted octanol–water partition coefficient (Wildman–Crippen LogP) is 5.85. The van der Waals surface area contributed by atoms with Crippen LogP contribution in [-0.4, -0.2) is 34.9 Å². The smallest absolute Gasteiger partial charge is 0.174 e. The Morgan fingerprint density at radius 1 is 0.944 bits per heavy atom. The van der Waals surface area contributed by atoms with E-state index in [0.29, 0.717) is 19.1 Å². The van der Waals surface area contributed by atoms with E-state index in [9.17, 15) is 0 Å². The Hall–Kier alpha value is -3.35. The topological polar surface area (TPSA) is 85.0 Å². The number of hydrogen-bond acceptors (Lipinski definition) is 6. The third-order valence-corrected chi connectivity index (χ3v) is 6.65. The molecule has 1 aliphatic carbocycles. The number of fused-ring (bicyclic) bond motifs is 1. The lowest BCUT2D eigenvalue weighted by Gasteiger charge is -2.13. The summed E-state index contributed by atoms with van der Waals surface area (Å²) in [5.74, 6) is 2.42. The second-order valence-corrected chi connectivity index (χ2v) is 9.65. The average molecular weight is 488 g/mol. The first kappa shape index (κ1) is 24.3. The average Bonchev–Trinajstić information content (AvgIpc) is 3.59. The van der Waals surface area contributed by atoms with Crippen molar-refractivity contribution in [2.24, 2.45) is 5.92 Å². The minimum absolute atomic E-state index is 0.217. The zero-order valence-corrected chi connectivity index (χ0v) is 20.7. The first-order valence-electron chi connectivity index (χ1n) is 12.8. The lowest BCUT2D eigenvalue weighted by Crippen LogP contribution is -2.08. The molecule has 0 atom stereocenters. The van der Waals surface area contributed by atoms with E-state index in [1.165, 1.54) is 12.8 Å². The molecule has 6 heteroatoms. The summed E-state index contributed by atoms with van der Waals surface area (Å²) in [5, 5.41) is 23.7. The van der Waals surface area contributed by atoms with Crippen LogP contribution in [0.25, 0.3) is 22.2 Å². The van der Waals surface area contributed by atoms with Gasteiger partial charge in [0.15, 0.2) is 11.9 Å². The second-order valence-electron chi connectivity index (χ2n) is 9.65. The molecule has 1 heterocycles. The van der Waals surface area contributed by atoms with Crippen molar-refractivity contribution in [3.05, 3.63) is 77.4 Å². The van der Waals surface area contributed by atoms with Gasteiger partial charge in [-0.2, -0.15) is 0 Å². The van der Waals surface area contributed by atoms with Crippen molar-refractivity contribution in [3.8, 4) is 22.8 Å². The molecule has 0 saturated heterocycles. The molecule has 3 aromatic carbocycles. The van der Waals surface area contributed by atoms with Gasteiger partial charge in [0, 0.05) is 17.5 Å². The van der Waals surface area contributed by atoms with E-state index in [2.05, 4.69) is 29.4 Å². The van der Waals surface area contributed by atoms with Crippen LogP contribution in [0.15, 0.2) is 65.2 Å². The number of aliphatic hydroxyl groups excluding tert-OH is 1. The molecule has 0 aliphatic heterocycles. The molecule has 0 spiro atoms. The minimum Gasteiger partial charge on any atom is -0.493 e. The van der Waals surface area contributed by atoms with Gasteiger partial charge in [0.05, 0.1) is 18.6 Å². The van der Waals surface area contributed by atoms with Gasteiger partial charge in [-0.3, -0.25) is 0 Å². The minimum atomic E-state index is -1.34. The Morgan fingerprint density at radius 2 is 1.67 bits per heavy atom. The Bertz CT molecular complexity index is 1290. The van der Waals surface area contributed by atoms with Crippen LogP contribution in [0.5, 0.6) is 11.5 Å². The van der Waals surface area contributed by atoms with Crippen LogP contribution in [0.1, 0.15) is 42.4 Å². The molecule has 0 amide bonds. The number of unbranched alkanes of at least 4 members (excludes halogenated alkanes) is 1. The van der Waals surface area contributed by atoms with Crippen LogP contribution >= 0.6 is 0 Å². The third-order valence-electron chi connectivity index (χ3n) is 6.65. The predicted molar refractivity (Wildman–Crippen MR) is 139 cm³/mol. The maximum atomic E-state index is 9.14. The third kappa shape index (κ3) is 5.89. The second kappa shape index (κ2) is 11.1. The van der Waals surface area contributed by atoms with Gasteiger partial charge in [-0.05, 0) is 74.3 Å². The fourth-order valence-electron chi connectivity index (χ4n) is 4.56. The van der Waals surface area contributed by atoms with E-state index in [4.69, 9.17) is 24.2 Å². The molecule has 36 heavy (non-hydrogen) atoms. The number of aromatic nitrogens is 1. The van der Waals surface area contributed by atoms with Crippen molar-refractivity contribution >= 4 is 11.0 Å². The molecule has 0 bridgehead atoms. The van der Waals surface area contributed by atoms with Gasteiger partial charge in [0.2, 0.25) is 0 Å². The summed E-state index contributed by atoms with van der Waals surface area (Å²) >= 11 is 0. The summed E-state index contributed by atoms with van der Waals surface area (Å²) in [4.78, 5) is 0. The summed E-state index contributed by atoms with van der Waals surface area (Å²) in [6.07, 6.45) is 4.10. The Morgan fingerprint density at radius 3 is 2.36 bits per heavy atom. The molecule has 0 radical (unpaired) electrons. The fraction of sp³-hybridized carbons (Fsp3) is 0.367. The fourth-order valence-corrected chi connectivity index (χ4v) is 4.56. The zero-order valence-electron chi connectivity index (χ0n) is 20.7. The van der Waals surface area contributed by atoms with Gasteiger partial charge in [-0.15, -0.1) is 0 Å². The van der Waals surface area contributed by atoms with Crippen molar-refractivity contribution < 1.29 is 24.2 Å². The van der Waals surface area contributed by atoms with Crippen LogP contribution in [0.4, 0.5) is 0 Å². The normalized spacial score (nSPS) is 13.4. The van der Waals surface area contributed by atoms with Crippen LogP contribution in [-0.2, 0) is 12.8 Å². The molecule has 1 aliphatic rings. The highest BCUT2D eigenvalue weighted by atomic mass is 16.5. The van der Waals surface area contributed by atoms with Crippen molar-refractivity contribution in [2.45, 2.75) is 51.7 Å². The number of aliphatic hydroxyl groups is 2. The lowest BCUT2D eigenvalue weighted by atomic mass is 10.0. The van der Waals surface area contributed by atoms with Crippen LogP contribution in [0, 0.1) is 12.8 Å². The molecular weight excluding hydrogens is 454 g/mol. The van der Waals surface area contributed by atoms with Crippen LogP contribution in [0.2, 0.25) is 0 Å². The van der Waals surface area contributed by atoms with Gasteiger partial charge in [-0.25, -0.2) is 0 Å². The highest BCUT2D eigenvalue weighted by Gasteiger charge is 2.26. The summed E-state index contributed by atoms with van der Waals surface area (Å²) in [6.45, 7) is 3.18. The first-order valence-corrected chi connectivity index (χ1v) is 12.8. The molecule has 5 rings (SSSR count). The first-order chi connectivity index (χ1) is 17.6. The SMILES string of the molecule is Cc1cc(CC(O)O)ccc1OCCCCOc1ccc2c(-c3ccccc3)noc2c1CC1CC1. The quantitative estimate of drug-likeness (QED) is 0.193. The molecule has 0 unspecified atom stereocenters. The number of rotatable bonds is 12. The number of aryl methyl sites for hydroxylation is 1. The Labute approximate surface area is 211 Å². The molecule has 1 saturated carbocycles. The number of benzene rings is 3. The summed E-state index contributed by atoms with van der Waals surface area (Å²) in [6, 6.07) is 20.0. The van der Waals surface area contributed by atoms with Crippen molar-refractivity contribution in [3.63, 3.8) is 0 Å². The van der Waals surface area contributed by atoms with E-state index in [0.717, 1.165) is 69.7 Å². The molecular formula is C30H33NO5. The molecule has 2 N–H and O–H groups in total. The Balaban J connectivity index is 1.18. The maximum absolute atomic E-state index is 9.14. The molecule has 1 aromatic heterocycles.